The lowest BCUT2D eigenvalue weighted by atomic mass is 9.47. The largest absolute Gasteiger partial charge is 0.300 e. The zero-order chi connectivity index (χ0) is 16.4. The first-order chi connectivity index (χ1) is 10.9. The van der Waals surface area contributed by atoms with Crippen LogP contribution in [0.2, 0.25) is 0 Å². The Balaban J connectivity index is 1.70. The fraction of sp³-hybridized carbons (Fsp3) is 0.773. The summed E-state index contributed by atoms with van der Waals surface area (Å²) in [5.41, 5.74) is 2.28. The van der Waals surface area contributed by atoms with Crippen molar-refractivity contribution in [2.45, 2.75) is 66.2 Å². The third-order valence-corrected chi connectivity index (χ3v) is 8.39. The van der Waals surface area contributed by atoms with Gasteiger partial charge in [0.2, 0.25) is 0 Å². The quantitative estimate of drug-likeness (QED) is 0.579. The molecule has 4 aliphatic rings. The molecule has 0 N–H and O–H groups in total. The van der Waals surface area contributed by atoms with E-state index in [2.05, 4.69) is 39.0 Å². The molecule has 0 saturated heterocycles. The van der Waals surface area contributed by atoms with Gasteiger partial charge in [0, 0.05) is 11.3 Å². The first-order valence-electron chi connectivity index (χ1n) is 9.75. The monoisotopic (exact) mass is 312 g/mol. The molecule has 23 heavy (non-hydrogen) atoms. The maximum absolute atomic E-state index is 12.3. The molecule has 1 heteroatoms. The minimum Gasteiger partial charge on any atom is -0.300 e. The van der Waals surface area contributed by atoms with Crippen molar-refractivity contribution < 1.29 is 4.79 Å². The van der Waals surface area contributed by atoms with Crippen LogP contribution in [-0.2, 0) is 4.79 Å². The minimum atomic E-state index is 0.266. The fourth-order valence-electron chi connectivity index (χ4n) is 7.57. The summed E-state index contributed by atoms with van der Waals surface area (Å²) >= 11 is 0. The van der Waals surface area contributed by atoms with Crippen LogP contribution in [0.4, 0.5) is 0 Å². The maximum atomic E-state index is 12.3. The lowest BCUT2D eigenvalue weighted by Crippen LogP contribution is -2.50. The molecule has 0 aromatic carbocycles. The van der Waals surface area contributed by atoms with E-state index >= 15 is 0 Å². The molecular weight excluding hydrogens is 280 g/mol. The van der Waals surface area contributed by atoms with Gasteiger partial charge in [-0.25, -0.2) is 0 Å². The smallest absolute Gasteiger partial charge is 0.133 e. The number of hydrogen-bond acceptors (Lipinski definition) is 1. The van der Waals surface area contributed by atoms with Gasteiger partial charge in [-0.3, -0.25) is 4.79 Å². The molecule has 0 heterocycles. The van der Waals surface area contributed by atoms with E-state index < -0.39 is 0 Å². The van der Waals surface area contributed by atoms with Crippen molar-refractivity contribution in [2.75, 3.05) is 0 Å². The van der Waals surface area contributed by atoms with Gasteiger partial charge in [0.05, 0.1) is 0 Å². The van der Waals surface area contributed by atoms with E-state index in [0.29, 0.717) is 23.0 Å². The van der Waals surface area contributed by atoms with Gasteiger partial charge in [0.1, 0.15) is 5.78 Å². The van der Waals surface area contributed by atoms with Crippen molar-refractivity contribution in [3.8, 4) is 0 Å². The highest BCUT2D eigenvalue weighted by Gasteiger charge is 2.60. The van der Waals surface area contributed by atoms with E-state index in [9.17, 15) is 4.79 Å². The SMILES string of the molecule is CC(=O)[C@H]1C(C)C[C@H]2[C@@H]3CCC4=CCC=C[C@]4(C)[C@H]3CC[C@]12C. The van der Waals surface area contributed by atoms with Gasteiger partial charge in [0.25, 0.3) is 0 Å². The molecule has 7 atom stereocenters. The van der Waals surface area contributed by atoms with Crippen LogP contribution in [-0.4, -0.2) is 5.78 Å². The number of carbonyl (C=O) groups is 1. The molecule has 0 aliphatic heterocycles. The fourth-order valence-corrected chi connectivity index (χ4v) is 7.57. The van der Waals surface area contributed by atoms with Crippen molar-refractivity contribution in [3.63, 3.8) is 0 Å². The van der Waals surface area contributed by atoms with Crippen molar-refractivity contribution >= 4 is 5.78 Å². The number of ketones is 1. The van der Waals surface area contributed by atoms with Crippen LogP contribution in [0.1, 0.15) is 66.2 Å². The summed E-state index contributed by atoms with van der Waals surface area (Å²) in [5.74, 6) is 3.72. The number of rotatable bonds is 1. The molecule has 0 aromatic heterocycles. The van der Waals surface area contributed by atoms with Crippen molar-refractivity contribution in [1.82, 2.24) is 0 Å². The van der Waals surface area contributed by atoms with Gasteiger partial charge >= 0.3 is 0 Å². The first-order valence-corrected chi connectivity index (χ1v) is 9.75. The second-order valence-corrected chi connectivity index (χ2v) is 9.41. The van der Waals surface area contributed by atoms with Gasteiger partial charge in [-0.05, 0) is 74.5 Å². The van der Waals surface area contributed by atoms with E-state index in [1.807, 2.05) is 6.92 Å². The number of hydrogen-bond donors (Lipinski definition) is 0. The lowest BCUT2D eigenvalue weighted by molar-refractivity contribution is -0.128. The summed E-state index contributed by atoms with van der Waals surface area (Å²) in [6, 6.07) is 0. The second kappa shape index (κ2) is 5.07. The Kier molecular flexibility index (Phi) is 3.45. The number of fused-ring (bicyclic) bond motifs is 5. The predicted molar refractivity (Wildman–Crippen MR) is 94.9 cm³/mol. The van der Waals surface area contributed by atoms with Crippen molar-refractivity contribution in [2.24, 2.45) is 40.4 Å². The van der Waals surface area contributed by atoms with Crippen LogP contribution >= 0.6 is 0 Å². The average molecular weight is 312 g/mol. The molecule has 4 rings (SSSR count). The molecule has 3 saturated carbocycles. The number of Topliss-reactive ketones (excluding diaryl/α,β-unsaturated/α-hetero) is 1. The molecule has 0 spiro atoms. The van der Waals surface area contributed by atoms with E-state index in [4.69, 9.17) is 0 Å². The van der Waals surface area contributed by atoms with E-state index in [1.165, 1.54) is 32.1 Å². The van der Waals surface area contributed by atoms with Crippen molar-refractivity contribution in [1.29, 1.82) is 0 Å². The summed E-state index contributed by atoms with van der Waals surface area (Å²) in [5, 5.41) is 0. The summed E-state index contributed by atoms with van der Waals surface area (Å²) < 4.78 is 0. The Bertz CT molecular complexity index is 585. The number of allylic oxidation sites excluding steroid dienone is 4. The molecule has 1 nitrogen and oxygen atoms in total. The van der Waals surface area contributed by atoms with Crippen molar-refractivity contribution in [3.05, 3.63) is 23.8 Å². The standard InChI is InChI=1S/C22H32O/c1-14-13-19-17-9-8-16-7-5-6-11-21(16,3)18(17)10-12-22(19,4)20(14)15(2)23/h6-7,11,14,17-20H,5,8-10,12-13H2,1-4H3/t14?,17-,18+,19+,20-,21+,22+/m1/s1. The second-order valence-electron chi connectivity index (χ2n) is 9.41. The zero-order valence-corrected chi connectivity index (χ0v) is 15.3. The molecule has 0 bridgehead atoms. The summed E-state index contributed by atoms with van der Waals surface area (Å²) in [6.07, 6.45) is 15.0. The first kappa shape index (κ1) is 15.7. The Morgan fingerprint density at radius 3 is 2.74 bits per heavy atom. The van der Waals surface area contributed by atoms with E-state index in [1.54, 1.807) is 5.57 Å². The third-order valence-electron chi connectivity index (χ3n) is 8.39. The van der Waals surface area contributed by atoms with Crippen LogP contribution in [0.5, 0.6) is 0 Å². The van der Waals surface area contributed by atoms with Gasteiger partial charge in [-0.15, -0.1) is 0 Å². The van der Waals surface area contributed by atoms with Gasteiger partial charge in [0.15, 0.2) is 0 Å². The zero-order valence-electron chi connectivity index (χ0n) is 15.3. The molecular formula is C22H32O. The molecule has 0 amide bonds. The Morgan fingerprint density at radius 1 is 1.22 bits per heavy atom. The highest BCUT2D eigenvalue weighted by Crippen LogP contribution is 2.67. The van der Waals surface area contributed by atoms with E-state index in [0.717, 1.165) is 24.2 Å². The van der Waals surface area contributed by atoms with E-state index in [-0.39, 0.29) is 5.41 Å². The topological polar surface area (TPSA) is 17.1 Å². The molecule has 0 radical (unpaired) electrons. The summed E-state index contributed by atoms with van der Waals surface area (Å²) in [4.78, 5) is 12.3. The van der Waals surface area contributed by atoms with Gasteiger partial charge in [-0.1, -0.05) is 44.6 Å². The van der Waals surface area contributed by atoms with Crippen LogP contribution < -0.4 is 0 Å². The summed E-state index contributed by atoms with van der Waals surface area (Å²) in [6.45, 7) is 9.12. The molecule has 1 unspecified atom stereocenters. The molecule has 0 aromatic rings. The number of carbonyl (C=O) groups excluding carboxylic acids is 1. The molecule has 126 valence electrons. The molecule has 4 aliphatic carbocycles. The van der Waals surface area contributed by atoms with Crippen LogP contribution in [0.3, 0.4) is 0 Å². The van der Waals surface area contributed by atoms with Crippen LogP contribution in [0.15, 0.2) is 23.8 Å². The van der Waals surface area contributed by atoms with Crippen LogP contribution in [0, 0.1) is 40.4 Å². The molecule has 3 fully saturated rings. The minimum absolute atomic E-state index is 0.266. The maximum Gasteiger partial charge on any atom is 0.133 e. The Morgan fingerprint density at radius 2 is 2.00 bits per heavy atom. The third kappa shape index (κ3) is 2.01. The Labute approximate surface area is 141 Å². The van der Waals surface area contributed by atoms with Gasteiger partial charge < -0.3 is 0 Å². The highest BCUT2D eigenvalue weighted by atomic mass is 16.1. The van der Waals surface area contributed by atoms with Gasteiger partial charge in [-0.2, -0.15) is 0 Å². The highest BCUT2D eigenvalue weighted by molar-refractivity contribution is 5.80. The predicted octanol–water partition coefficient (Wildman–Crippen LogP) is 5.57. The summed E-state index contributed by atoms with van der Waals surface area (Å²) in [7, 11) is 0. The lowest BCUT2D eigenvalue weighted by Gasteiger charge is -2.57. The normalized spacial score (nSPS) is 51.5. The van der Waals surface area contributed by atoms with Crippen LogP contribution in [0.25, 0.3) is 0 Å². The Hall–Kier alpha value is -0.850. The average Bonchev–Trinajstić information content (AvgIpc) is 2.77.